The molecule has 0 fully saturated rings. The Balaban J connectivity index is 4.11. The normalized spacial score (nSPS) is 12.8. The number of hydrogen-bond donors (Lipinski definition) is 2. The van der Waals surface area contributed by atoms with Crippen LogP contribution in [0.4, 0.5) is 0 Å². The first-order chi connectivity index (χ1) is 8.26. The quantitative estimate of drug-likeness (QED) is 0.511. The third-order valence-electron chi connectivity index (χ3n) is 2.26. The maximum Gasteiger partial charge on any atom is 0.328 e. The smallest absolute Gasteiger partial charge is 0.328 e. The number of carbonyl (C=O) groups is 2. The van der Waals surface area contributed by atoms with E-state index in [2.05, 4.69) is 11.9 Å². The molecule has 1 atom stereocenters. The molecule has 0 saturated carbocycles. The van der Waals surface area contributed by atoms with Crippen LogP contribution in [0.15, 0.2) is 12.7 Å². The van der Waals surface area contributed by atoms with Gasteiger partial charge in [0, 0.05) is 6.42 Å². The maximum absolute atomic E-state index is 11.6. The van der Waals surface area contributed by atoms with Gasteiger partial charge in [-0.05, 0) is 11.8 Å². The maximum atomic E-state index is 11.6. The monoisotopic (exact) mass is 257 g/mol. The average Bonchev–Trinajstić information content (AvgIpc) is 2.24. The topological polar surface area (TPSA) is 75.6 Å². The summed E-state index contributed by atoms with van der Waals surface area (Å²) < 4.78 is 5.04. The lowest BCUT2D eigenvalue weighted by molar-refractivity contribution is -0.143. The average molecular weight is 257 g/mol. The van der Waals surface area contributed by atoms with E-state index in [0.717, 1.165) is 0 Å². The van der Waals surface area contributed by atoms with E-state index in [9.17, 15) is 9.59 Å². The summed E-state index contributed by atoms with van der Waals surface area (Å²) in [7, 11) is 0. The highest BCUT2D eigenvalue weighted by molar-refractivity contribution is 5.83. The standard InChI is InChI=1S/C13H23NO4/c1-5-8-18-9-10(12(16)17)14-11(15)6-7-13(2,3)4/h5,10H,1,6-9H2,2-4H3,(H,14,15)(H,16,17). The summed E-state index contributed by atoms with van der Waals surface area (Å²) in [5, 5.41) is 11.4. The van der Waals surface area contributed by atoms with Crippen LogP contribution in [0, 0.1) is 5.41 Å². The van der Waals surface area contributed by atoms with E-state index in [4.69, 9.17) is 9.84 Å². The lowest BCUT2D eigenvalue weighted by Gasteiger charge is -2.19. The summed E-state index contributed by atoms with van der Waals surface area (Å²) >= 11 is 0. The van der Waals surface area contributed by atoms with Crippen LogP contribution in [0.5, 0.6) is 0 Å². The Morgan fingerprint density at radius 2 is 2.06 bits per heavy atom. The molecule has 0 heterocycles. The summed E-state index contributed by atoms with van der Waals surface area (Å²) in [6.07, 6.45) is 2.55. The molecular formula is C13H23NO4. The van der Waals surface area contributed by atoms with Crippen molar-refractivity contribution >= 4 is 11.9 Å². The third kappa shape index (κ3) is 8.75. The Kier molecular flexibility index (Phi) is 7.27. The molecule has 0 radical (unpaired) electrons. The Morgan fingerprint density at radius 1 is 1.44 bits per heavy atom. The van der Waals surface area contributed by atoms with Crippen molar-refractivity contribution in [2.24, 2.45) is 5.41 Å². The van der Waals surface area contributed by atoms with Crippen LogP contribution in [0.1, 0.15) is 33.6 Å². The minimum absolute atomic E-state index is 0.0510. The first kappa shape index (κ1) is 16.6. The third-order valence-corrected chi connectivity index (χ3v) is 2.26. The van der Waals surface area contributed by atoms with E-state index in [1.165, 1.54) is 6.08 Å². The van der Waals surface area contributed by atoms with Gasteiger partial charge in [-0.3, -0.25) is 4.79 Å². The second-order valence-corrected chi connectivity index (χ2v) is 5.35. The van der Waals surface area contributed by atoms with Crippen LogP contribution in [-0.2, 0) is 14.3 Å². The van der Waals surface area contributed by atoms with Crippen LogP contribution in [0.3, 0.4) is 0 Å². The molecule has 0 aliphatic rings. The van der Waals surface area contributed by atoms with Gasteiger partial charge in [0.15, 0.2) is 6.04 Å². The van der Waals surface area contributed by atoms with E-state index >= 15 is 0 Å². The molecule has 0 aliphatic carbocycles. The van der Waals surface area contributed by atoms with E-state index < -0.39 is 12.0 Å². The minimum atomic E-state index is -1.09. The van der Waals surface area contributed by atoms with Gasteiger partial charge in [0.1, 0.15) is 0 Å². The lowest BCUT2D eigenvalue weighted by atomic mass is 9.90. The number of aliphatic carboxylic acids is 1. The molecule has 0 saturated heterocycles. The second kappa shape index (κ2) is 7.87. The molecule has 5 heteroatoms. The van der Waals surface area contributed by atoms with Gasteiger partial charge in [0.2, 0.25) is 5.91 Å². The van der Waals surface area contributed by atoms with Gasteiger partial charge in [-0.2, -0.15) is 0 Å². The van der Waals surface area contributed by atoms with E-state index in [-0.39, 0.29) is 24.5 Å². The fraction of sp³-hybridized carbons (Fsp3) is 0.692. The minimum Gasteiger partial charge on any atom is -0.480 e. The Morgan fingerprint density at radius 3 is 2.50 bits per heavy atom. The van der Waals surface area contributed by atoms with Crippen molar-refractivity contribution in [3.8, 4) is 0 Å². The van der Waals surface area contributed by atoms with Crippen molar-refractivity contribution in [3.63, 3.8) is 0 Å². The van der Waals surface area contributed by atoms with E-state index in [1.807, 2.05) is 20.8 Å². The molecule has 0 aromatic carbocycles. The van der Waals surface area contributed by atoms with E-state index in [1.54, 1.807) is 0 Å². The molecule has 0 rings (SSSR count). The van der Waals surface area contributed by atoms with Gasteiger partial charge >= 0.3 is 5.97 Å². The number of carboxylic acid groups (broad SMARTS) is 1. The van der Waals surface area contributed by atoms with Crippen molar-refractivity contribution < 1.29 is 19.4 Å². The second-order valence-electron chi connectivity index (χ2n) is 5.35. The molecule has 1 unspecified atom stereocenters. The summed E-state index contributed by atoms with van der Waals surface area (Å²) in [6.45, 7) is 9.76. The first-order valence-corrected chi connectivity index (χ1v) is 5.97. The summed E-state index contributed by atoms with van der Waals surface area (Å²) in [5.41, 5.74) is 0.0510. The number of carboxylic acids is 1. The SMILES string of the molecule is C=CCOCC(NC(=O)CCC(C)(C)C)C(=O)O. The van der Waals surface area contributed by atoms with Crippen molar-refractivity contribution in [2.75, 3.05) is 13.2 Å². The Hall–Kier alpha value is -1.36. The number of hydrogen-bond acceptors (Lipinski definition) is 3. The van der Waals surface area contributed by atoms with Crippen LogP contribution < -0.4 is 5.32 Å². The molecule has 5 nitrogen and oxygen atoms in total. The number of nitrogens with one attached hydrogen (secondary N) is 1. The van der Waals surface area contributed by atoms with Gasteiger partial charge in [-0.1, -0.05) is 26.8 Å². The van der Waals surface area contributed by atoms with Gasteiger partial charge in [-0.25, -0.2) is 4.79 Å². The molecule has 0 aliphatic heterocycles. The number of carbonyl (C=O) groups excluding carboxylic acids is 1. The zero-order valence-corrected chi connectivity index (χ0v) is 11.4. The summed E-state index contributed by atoms with van der Waals surface area (Å²) in [5.74, 6) is -1.36. The molecule has 0 spiro atoms. The Bertz CT molecular complexity index is 294. The highest BCUT2D eigenvalue weighted by Crippen LogP contribution is 2.20. The fourth-order valence-electron chi connectivity index (χ4n) is 1.20. The van der Waals surface area contributed by atoms with Crippen LogP contribution in [0.2, 0.25) is 0 Å². The largest absolute Gasteiger partial charge is 0.480 e. The highest BCUT2D eigenvalue weighted by Gasteiger charge is 2.21. The molecular weight excluding hydrogens is 234 g/mol. The van der Waals surface area contributed by atoms with Gasteiger partial charge in [0.05, 0.1) is 13.2 Å². The first-order valence-electron chi connectivity index (χ1n) is 5.97. The molecule has 0 aromatic rings. The highest BCUT2D eigenvalue weighted by atomic mass is 16.5. The molecule has 18 heavy (non-hydrogen) atoms. The molecule has 1 amide bonds. The number of amides is 1. The van der Waals surface area contributed by atoms with Crippen molar-refractivity contribution in [1.29, 1.82) is 0 Å². The molecule has 0 bridgehead atoms. The number of ether oxygens (including phenoxy) is 1. The zero-order chi connectivity index (χ0) is 14.2. The predicted octanol–water partition coefficient (Wildman–Crippen LogP) is 1.58. The van der Waals surface area contributed by atoms with Crippen molar-refractivity contribution in [3.05, 3.63) is 12.7 Å². The van der Waals surface area contributed by atoms with Crippen LogP contribution >= 0.6 is 0 Å². The van der Waals surface area contributed by atoms with Gasteiger partial charge in [-0.15, -0.1) is 6.58 Å². The summed E-state index contributed by atoms with van der Waals surface area (Å²) in [4.78, 5) is 22.5. The van der Waals surface area contributed by atoms with Crippen molar-refractivity contribution in [1.82, 2.24) is 5.32 Å². The molecule has 104 valence electrons. The van der Waals surface area contributed by atoms with Crippen LogP contribution in [0.25, 0.3) is 0 Å². The van der Waals surface area contributed by atoms with E-state index in [0.29, 0.717) is 12.8 Å². The fourth-order valence-corrected chi connectivity index (χ4v) is 1.20. The van der Waals surface area contributed by atoms with Gasteiger partial charge in [0.25, 0.3) is 0 Å². The Labute approximate surface area is 108 Å². The predicted molar refractivity (Wildman–Crippen MR) is 69.3 cm³/mol. The number of rotatable bonds is 8. The van der Waals surface area contributed by atoms with Crippen molar-refractivity contribution in [2.45, 2.75) is 39.7 Å². The van der Waals surface area contributed by atoms with Gasteiger partial charge < -0.3 is 15.2 Å². The van der Waals surface area contributed by atoms with Crippen LogP contribution in [-0.4, -0.2) is 36.2 Å². The lowest BCUT2D eigenvalue weighted by Crippen LogP contribution is -2.44. The zero-order valence-electron chi connectivity index (χ0n) is 11.4. The summed E-state index contributed by atoms with van der Waals surface area (Å²) in [6, 6.07) is -1.00. The molecule has 2 N–H and O–H groups in total. The molecule has 0 aromatic heterocycles.